The van der Waals surface area contributed by atoms with E-state index >= 15 is 0 Å². The van der Waals surface area contributed by atoms with Crippen LogP contribution in [0.2, 0.25) is 0 Å². The van der Waals surface area contributed by atoms with Crippen molar-refractivity contribution in [3.05, 3.63) is 0 Å². The first-order valence-electron chi connectivity index (χ1n) is 6.10. The molecule has 0 unspecified atom stereocenters. The van der Waals surface area contributed by atoms with E-state index in [-0.39, 0.29) is 5.92 Å². The standard InChI is InChI=1S/C13H25NO/c1-12(2,13(3,4)14)11(15)10-8-6-5-7-9-10/h10H,5-9,14H2,1-4H3. The van der Waals surface area contributed by atoms with Gasteiger partial charge in [0.25, 0.3) is 0 Å². The molecule has 1 aliphatic carbocycles. The molecular formula is C13H25NO. The molecule has 2 N–H and O–H groups in total. The van der Waals surface area contributed by atoms with Crippen LogP contribution in [-0.4, -0.2) is 11.3 Å². The van der Waals surface area contributed by atoms with Gasteiger partial charge in [-0.05, 0) is 26.7 Å². The van der Waals surface area contributed by atoms with Gasteiger partial charge in [0.15, 0.2) is 0 Å². The average Bonchev–Trinajstić information content (AvgIpc) is 2.16. The first-order valence-corrected chi connectivity index (χ1v) is 6.10. The van der Waals surface area contributed by atoms with Crippen molar-refractivity contribution in [2.75, 3.05) is 0 Å². The lowest BCUT2D eigenvalue weighted by Crippen LogP contribution is -2.53. The van der Waals surface area contributed by atoms with Gasteiger partial charge < -0.3 is 5.73 Å². The van der Waals surface area contributed by atoms with Gasteiger partial charge in [-0.1, -0.05) is 33.1 Å². The van der Waals surface area contributed by atoms with Gasteiger partial charge in [-0.2, -0.15) is 0 Å². The van der Waals surface area contributed by atoms with Gasteiger partial charge in [-0.25, -0.2) is 0 Å². The minimum absolute atomic E-state index is 0.261. The fourth-order valence-electron chi connectivity index (χ4n) is 2.19. The molecule has 1 rings (SSSR count). The normalized spacial score (nSPS) is 20.3. The maximum Gasteiger partial charge on any atom is 0.143 e. The number of hydrogen-bond acceptors (Lipinski definition) is 2. The van der Waals surface area contributed by atoms with E-state index in [9.17, 15) is 4.79 Å². The van der Waals surface area contributed by atoms with Crippen molar-refractivity contribution in [2.24, 2.45) is 17.1 Å². The van der Waals surface area contributed by atoms with Gasteiger partial charge in [-0.3, -0.25) is 4.79 Å². The Morgan fingerprint density at radius 1 is 1.07 bits per heavy atom. The van der Waals surface area contributed by atoms with Crippen molar-refractivity contribution in [3.8, 4) is 0 Å². The topological polar surface area (TPSA) is 43.1 Å². The fourth-order valence-corrected chi connectivity index (χ4v) is 2.19. The molecule has 0 aromatic rings. The average molecular weight is 211 g/mol. The summed E-state index contributed by atoms with van der Waals surface area (Å²) in [6, 6.07) is 0. The van der Waals surface area contributed by atoms with E-state index in [1.165, 1.54) is 19.3 Å². The Kier molecular flexibility index (Phi) is 3.59. The zero-order chi connectivity index (χ0) is 11.7. The van der Waals surface area contributed by atoms with Crippen LogP contribution in [0.5, 0.6) is 0 Å². The molecule has 0 aromatic carbocycles. The molecule has 2 nitrogen and oxygen atoms in total. The molecule has 1 aliphatic rings. The van der Waals surface area contributed by atoms with E-state index in [4.69, 9.17) is 5.73 Å². The van der Waals surface area contributed by atoms with E-state index in [1.54, 1.807) is 0 Å². The highest BCUT2D eigenvalue weighted by molar-refractivity contribution is 5.87. The summed E-state index contributed by atoms with van der Waals surface area (Å²) in [7, 11) is 0. The first kappa shape index (κ1) is 12.7. The van der Waals surface area contributed by atoms with E-state index in [1.807, 2.05) is 27.7 Å². The van der Waals surface area contributed by atoms with Gasteiger partial charge >= 0.3 is 0 Å². The third-order valence-corrected chi connectivity index (χ3v) is 4.20. The van der Waals surface area contributed by atoms with Crippen LogP contribution < -0.4 is 5.73 Å². The summed E-state index contributed by atoms with van der Waals surface area (Å²) in [6.07, 6.45) is 5.84. The fraction of sp³-hybridized carbons (Fsp3) is 0.923. The second-order valence-electron chi connectivity index (χ2n) is 6.05. The Morgan fingerprint density at radius 3 is 1.93 bits per heavy atom. The Hall–Kier alpha value is -0.370. The molecule has 0 atom stereocenters. The second-order valence-corrected chi connectivity index (χ2v) is 6.05. The molecule has 0 bridgehead atoms. The van der Waals surface area contributed by atoms with Crippen LogP contribution >= 0.6 is 0 Å². The van der Waals surface area contributed by atoms with Crippen LogP contribution in [-0.2, 0) is 4.79 Å². The van der Waals surface area contributed by atoms with Crippen molar-refractivity contribution in [3.63, 3.8) is 0 Å². The minimum Gasteiger partial charge on any atom is -0.325 e. The molecule has 1 fully saturated rings. The molecule has 2 heteroatoms. The summed E-state index contributed by atoms with van der Waals surface area (Å²) < 4.78 is 0. The first-order chi connectivity index (χ1) is 6.77. The highest BCUT2D eigenvalue weighted by Crippen LogP contribution is 2.36. The quantitative estimate of drug-likeness (QED) is 0.780. The molecule has 0 aromatic heterocycles. The number of hydrogen-bond donors (Lipinski definition) is 1. The lowest BCUT2D eigenvalue weighted by molar-refractivity contribution is -0.135. The van der Waals surface area contributed by atoms with Gasteiger partial charge in [0.05, 0.1) is 0 Å². The van der Waals surface area contributed by atoms with E-state index in [0.717, 1.165) is 12.8 Å². The summed E-state index contributed by atoms with van der Waals surface area (Å²) in [4.78, 5) is 12.4. The van der Waals surface area contributed by atoms with Crippen molar-refractivity contribution in [1.29, 1.82) is 0 Å². The summed E-state index contributed by atoms with van der Waals surface area (Å²) in [6.45, 7) is 7.88. The Morgan fingerprint density at radius 2 is 1.53 bits per heavy atom. The molecule has 0 heterocycles. The van der Waals surface area contributed by atoms with Gasteiger partial charge in [0.2, 0.25) is 0 Å². The highest BCUT2D eigenvalue weighted by Gasteiger charge is 2.43. The number of carbonyl (C=O) groups excluding carboxylic acids is 1. The smallest absolute Gasteiger partial charge is 0.143 e. The lowest BCUT2D eigenvalue weighted by atomic mass is 9.66. The molecule has 88 valence electrons. The third kappa shape index (κ3) is 2.60. The number of ketones is 1. The number of carbonyl (C=O) groups is 1. The minimum atomic E-state index is -0.429. The summed E-state index contributed by atoms with van der Waals surface area (Å²) in [5.74, 6) is 0.631. The molecule has 0 aliphatic heterocycles. The summed E-state index contributed by atoms with van der Waals surface area (Å²) in [5.41, 5.74) is 5.26. The van der Waals surface area contributed by atoms with Crippen LogP contribution in [0, 0.1) is 11.3 Å². The Labute approximate surface area is 93.6 Å². The molecule has 0 spiro atoms. The maximum atomic E-state index is 12.4. The molecule has 0 radical (unpaired) electrons. The number of nitrogens with two attached hydrogens (primary N) is 1. The monoisotopic (exact) mass is 211 g/mol. The summed E-state index contributed by atoms with van der Waals surface area (Å²) in [5, 5.41) is 0. The molecule has 1 saturated carbocycles. The second kappa shape index (κ2) is 4.25. The summed E-state index contributed by atoms with van der Waals surface area (Å²) >= 11 is 0. The van der Waals surface area contributed by atoms with Crippen LogP contribution in [0.4, 0.5) is 0 Å². The molecule has 15 heavy (non-hydrogen) atoms. The molecule has 0 saturated heterocycles. The van der Waals surface area contributed by atoms with Crippen molar-refractivity contribution in [2.45, 2.75) is 65.3 Å². The van der Waals surface area contributed by atoms with Gasteiger partial charge in [0, 0.05) is 16.9 Å². The predicted molar refractivity (Wildman–Crippen MR) is 63.6 cm³/mol. The zero-order valence-electron chi connectivity index (χ0n) is 10.6. The SMILES string of the molecule is CC(C)(N)C(C)(C)C(=O)C1CCCCC1. The van der Waals surface area contributed by atoms with Crippen LogP contribution in [0.3, 0.4) is 0 Å². The molecular weight excluding hydrogens is 186 g/mol. The van der Waals surface area contributed by atoms with E-state index < -0.39 is 11.0 Å². The van der Waals surface area contributed by atoms with Crippen molar-refractivity contribution < 1.29 is 4.79 Å². The van der Waals surface area contributed by atoms with Crippen LogP contribution in [0.1, 0.15) is 59.8 Å². The third-order valence-electron chi connectivity index (χ3n) is 4.20. The van der Waals surface area contributed by atoms with Crippen molar-refractivity contribution in [1.82, 2.24) is 0 Å². The van der Waals surface area contributed by atoms with Gasteiger partial charge in [-0.15, -0.1) is 0 Å². The van der Waals surface area contributed by atoms with Gasteiger partial charge in [0.1, 0.15) is 5.78 Å². The number of rotatable bonds is 3. The van der Waals surface area contributed by atoms with Crippen LogP contribution in [0.25, 0.3) is 0 Å². The lowest BCUT2D eigenvalue weighted by Gasteiger charge is -2.40. The van der Waals surface area contributed by atoms with Crippen LogP contribution in [0.15, 0.2) is 0 Å². The largest absolute Gasteiger partial charge is 0.325 e. The maximum absolute atomic E-state index is 12.4. The highest BCUT2D eigenvalue weighted by atomic mass is 16.1. The van der Waals surface area contributed by atoms with E-state index in [2.05, 4.69) is 0 Å². The predicted octanol–water partition coefficient (Wildman–Crippen LogP) is 2.90. The number of Topliss-reactive ketones (excluding diaryl/α,β-unsaturated/α-hetero) is 1. The van der Waals surface area contributed by atoms with Crippen molar-refractivity contribution >= 4 is 5.78 Å². The zero-order valence-corrected chi connectivity index (χ0v) is 10.6. The Bertz CT molecular complexity index is 231. The Balaban J connectivity index is 2.74. The van der Waals surface area contributed by atoms with E-state index in [0.29, 0.717) is 5.78 Å². The molecule has 0 amide bonds.